The van der Waals surface area contributed by atoms with Gasteiger partial charge in [0.15, 0.2) is 0 Å². The van der Waals surface area contributed by atoms with Crippen molar-refractivity contribution in [2.24, 2.45) is 0 Å². The molecule has 1 aliphatic rings. The molecule has 2 aromatic rings. The van der Waals surface area contributed by atoms with E-state index >= 15 is 0 Å². The third-order valence-electron chi connectivity index (χ3n) is 2.69. The molecule has 0 saturated heterocycles. The van der Waals surface area contributed by atoms with Gasteiger partial charge in [0.05, 0.1) is 5.69 Å². The third kappa shape index (κ3) is 2.28. The number of fused-ring (bicyclic) bond motifs is 1. The molecule has 0 radical (unpaired) electrons. The summed E-state index contributed by atoms with van der Waals surface area (Å²) in [5, 5.41) is 0.615. The van der Waals surface area contributed by atoms with E-state index < -0.39 is 0 Å². The van der Waals surface area contributed by atoms with Crippen molar-refractivity contribution >= 4 is 23.4 Å². The number of pyridine rings is 1. The molecule has 0 N–H and O–H groups in total. The molecule has 5 heteroatoms. The molecule has 86 valence electrons. The summed E-state index contributed by atoms with van der Waals surface area (Å²) in [6, 6.07) is 3.94. The van der Waals surface area contributed by atoms with Crippen molar-refractivity contribution in [1.29, 1.82) is 0 Å². The summed E-state index contributed by atoms with van der Waals surface area (Å²) in [7, 11) is 0. The molecule has 2 aromatic heterocycles. The molecule has 0 spiro atoms. The number of nitrogens with zero attached hydrogens (tertiary/aromatic N) is 3. The van der Waals surface area contributed by atoms with E-state index in [1.807, 2.05) is 23.9 Å². The van der Waals surface area contributed by atoms with Gasteiger partial charge < -0.3 is 0 Å². The Morgan fingerprint density at radius 2 is 2.00 bits per heavy atom. The van der Waals surface area contributed by atoms with E-state index in [0.29, 0.717) is 11.6 Å². The van der Waals surface area contributed by atoms with Crippen molar-refractivity contribution in [3.63, 3.8) is 0 Å². The summed E-state index contributed by atoms with van der Waals surface area (Å²) >= 11 is 8.00. The van der Waals surface area contributed by atoms with Crippen molar-refractivity contribution in [1.82, 2.24) is 15.0 Å². The van der Waals surface area contributed by atoms with Gasteiger partial charge in [-0.2, -0.15) is 11.8 Å². The van der Waals surface area contributed by atoms with Gasteiger partial charge in [0, 0.05) is 35.9 Å². The topological polar surface area (TPSA) is 38.7 Å². The molecule has 0 saturated carbocycles. The molecule has 3 nitrogen and oxygen atoms in total. The van der Waals surface area contributed by atoms with Gasteiger partial charge in [0.25, 0.3) is 0 Å². The number of hydrogen-bond donors (Lipinski definition) is 0. The molecule has 0 amide bonds. The Bertz CT molecular complexity index is 545. The van der Waals surface area contributed by atoms with Gasteiger partial charge in [0.1, 0.15) is 11.0 Å². The van der Waals surface area contributed by atoms with Crippen LogP contribution in [0.25, 0.3) is 0 Å². The molecular formula is C12H10ClN3S. The van der Waals surface area contributed by atoms with E-state index in [1.54, 1.807) is 12.4 Å². The first-order valence-electron chi connectivity index (χ1n) is 5.34. The summed E-state index contributed by atoms with van der Waals surface area (Å²) in [5.41, 5.74) is 3.36. The molecule has 0 fully saturated rings. The van der Waals surface area contributed by atoms with Crippen molar-refractivity contribution < 1.29 is 0 Å². The molecule has 3 heterocycles. The van der Waals surface area contributed by atoms with Crippen molar-refractivity contribution in [3.05, 3.63) is 52.3 Å². The van der Waals surface area contributed by atoms with Crippen LogP contribution in [0.1, 0.15) is 22.6 Å². The minimum absolute atomic E-state index is 0.615. The van der Waals surface area contributed by atoms with E-state index in [2.05, 4.69) is 15.0 Å². The van der Waals surface area contributed by atoms with Crippen LogP contribution in [0.15, 0.2) is 24.5 Å². The Hall–Kier alpha value is -1.13. The Morgan fingerprint density at radius 1 is 1.18 bits per heavy atom. The first-order valence-corrected chi connectivity index (χ1v) is 6.87. The molecule has 1 aliphatic heterocycles. The number of rotatable bonds is 2. The lowest BCUT2D eigenvalue weighted by molar-refractivity contribution is 0.926. The van der Waals surface area contributed by atoms with Crippen molar-refractivity contribution in [2.45, 2.75) is 17.9 Å². The van der Waals surface area contributed by atoms with Crippen LogP contribution in [-0.2, 0) is 17.9 Å². The number of thioether (sulfide) groups is 1. The highest BCUT2D eigenvalue weighted by molar-refractivity contribution is 7.98. The second-order valence-corrected chi connectivity index (χ2v) is 5.22. The first-order chi connectivity index (χ1) is 8.33. The van der Waals surface area contributed by atoms with Gasteiger partial charge in [0.2, 0.25) is 0 Å². The van der Waals surface area contributed by atoms with Crippen LogP contribution in [0.5, 0.6) is 0 Å². The maximum atomic E-state index is 6.16. The van der Waals surface area contributed by atoms with Gasteiger partial charge in [-0.25, -0.2) is 9.97 Å². The quantitative estimate of drug-likeness (QED) is 0.781. The molecule has 0 aliphatic carbocycles. The zero-order valence-electron chi connectivity index (χ0n) is 9.06. The minimum Gasteiger partial charge on any atom is -0.265 e. The summed E-state index contributed by atoms with van der Waals surface area (Å²) in [6.07, 6.45) is 4.26. The maximum Gasteiger partial charge on any atom is 0.137 e. The van der Waals surface area contributed by atoms with E-state index in [-0.39, 0.29) is 0 Å². The summed E-state index contributed by atoms with van der Waals surface area (Å²) in [5.74, 6) is 2.67. The first kappa shape index (κ1) is 11.0. The highest BCUT2D eigenvalue weighted by Gasteiger charge is 2.18. The standard InChI is InChI=1S/C12H10ClN3S/c13-12-9-6-17-7-10(9)15-11(16-12)5-8-1-3-14-4-2-8/h1-4H,5-7H2. The lowest BCUT2D eigenvalue weighted by Gasteiger charge is -2.05. The Kier molecular flexibility index (Phi) is 2.99. The second-order valence-electron chi connectivity index (χ2n) is 3.88. The minimum atomic E-state index is 0.615. The summed E-state index contributed by atoms with van der Waals surface area (Å²) in [6.45, 7) is 0. The van der Waals surface area contributed by atoms with Gasteiger partial charge in [-0.05, 0) is 17.7 Å². The van der Waals surface area contributed by atoms with Crippen LogP contribution in [0.4, 0.5) is 0 Å². The fourth-order valence-electron chi connectivity index (χ4n) is 1.82. The molecule has 17 heavy (non-hydrogen) atoms. The second kappa shape index (κ2) is 4.63. The zero-order chi connectivity index (χ0) is 11.7. The van der Waals surface area contributed by atoms with Crippen LogP contribution >= 0.6 is 23.4 Å². The number of hydrogen-bond acceptors (Lipinski definition) is 4. The van der Waals surface area contributed by atoms with Crippen LogP contribution in [0, 0.1) is 0 Å². The monoisotopic (exact) mass is 263 g/mol. The van der Waals surface area contributed by atoms with Gasteiger partial charge in [-0.3, -0.25) is 4.98 Å². The smallest absolute Gasteiger partial charge is 0.137 e. The summed E-state index contributed by atoms with van der Waals surface area (Å²) < 4.78 is 0. The highest BCUT2D eigenvalue weighted by atomic mass is 35.5. The average molecular weight is 264 g/mol. The fourth-order valence-corrected chi connectivity index (χ4v) is 3.22. The van der Waals surface area contributed by atoms with Crippen molar-refractivity contribution in [3.8, 4) is 0 Å². The van der Waals surface area contributed by atoms with Crippen LogP contribution in [0.2, 0.25) is 5.15 Å². The fraction of sp³-hybridized carbons (Fsp3) is 0.250. The van der Waals surface area contributed by atoms with Gasteiger partial charge in [-0.15, -0.1) is 0 Å². The van der Waals surface area contributed by atoms with E-state index in [1.165, 1.54) is 0 Å². The maximum absolute atomic E-state index is 6.16. The third-order valence-corrected chi connectivity index (χ3v) is 3.97. The number of aromatic nitrogens is 3. The van der Waals surface area contributed by atoms with Gasteiger partial charge >= 0.3 is 0 Å². The molecular weight excluding hydrogens is 254 g/mol. The Morgan fingerprint density at radius 3 is 2.82 bits per heavy atom. The lowest BCUT2D eigenvalue weighted by atomic mass is 10.2. The Balaban J connectivity index is 1.92. The van der Waals surface area contributed by atoms with Gasteiger partial charge in [-0.1, -0.05) is 11.6 Å². The largest absolute Gasteiger partial charge is 0.265 e. The Labute approximate surface area is 109 Å². The van der Waals surface area contributed by atoms with Crippen LogP contribution < -0.4 is 0 Å². The lowest BCUT2D eigenvalue weighted by Crippen LogP contribution is -2.02. The van der Waals surface area contributed by atoms with Crippen molar-refractivity contribution in [2.75, 3.05) is 0 Å². The molecule has 0 bridgehead atoms. The van der Waals surface area contributed by atoms with E-state index in [0.717, 1.165) is 34.2 Å². The molecule has 0 unspecified atom stereocenters. The van der Waals surface area contributed by atoms with E-state index in [9.17, 15) is 0 Å². The molecule has 3 rings (SSSR count). The van der Waals surface area contributed by atoms with E-state index in [4.69, 9.17) is 11.6 Å². The highest BCUT2D eigenvalue weighted by Crippen LogP contribution is 2.32. The average Bonchev–Trinajstić information content (AvgIpc) is 2.79. The predicted molar refractivity (Wildman–Crippen MR) is 69.1 cm³/mol. The zero-order valence-corrected chi connectivity index (χ0v) is 10.6. The predicted octanol–water partition coefficient (Wildman–Crippen LogP) is 2.86. The van der Waals surface area contributed by atoms with Crippen LogP contribution in [-0.4, -0.2) is 15.0 Å². The normalized spacial score (nSPS) is 13.7. The SMILES string of the molecule is Clc1nc(Cc2ccncc2)nc2c1CSC2. The van der Waals surface area contributed by atoms with Crippen LogP contribution in [0.3, 0.4) is 0 Å². The number of halogens is 1. The molecule has 0 aromatic carbocycles. The summed E-state index contributed by atoms with van der Waals surface area (Å²) in [4.78, 5) is 12.9. The molecule has 0 atom stereocenters.